The Hall–Kier alpha value is -1.52. The van der Waals surface area contributed by atoms with Crippen molar-refractivity contribution >= 4 is 12.0 Å². The molecule has 106 valence electrons. The molecule has 1 fully saturated rings. The molecule has 0 saturated heterocycles. The van der Waals surface area contributed by atoms with Crippen LogP contribution in [0.1, 0.15) is 44.9 Å². The number of rotatable bonds is 2. The van der Waals surface area contributed by atoms with Crippen LogP contribution in [-0.2, 0) is 4.79 Å². The molecule has 0 spiro atoms. The van der Waals surface area contributed by atoms with Crippen molar-refractivity contribution in [2.45, 2.75) is 50.5 Å². The molecule has 1 heterocycles. The summed E-state index contributed by atoms with van der Waals surface area (Å²) in [6.45, 7) is 1.24. The lowest BCUT2D eigenvalue weighted by molar-refractivity contribution is -0.145. The zero-order valence-electron chi connectivity index (χ0n) is 11.2. The molecule has 0 aromatic rings. The maximum atomic E-state index is 12.2. The predicted molar refractivity (Wildman–Crippen MR) is 71.9 cm³/mol. The number of hydrogen-bond acceptors (Lipinski definition) is 2. The van der Waals surface area contributed by atoms with Gasteiger partial charge in [0.25, 0.3) is 0 Å². The van der Waals surface area contributed by atoms with Gasteiger partial charge in [0.1, 0.15) is 5.54 Å². The summed E-state index contributed by atoms with van der Waals surface area (Å²) in [6, 6.07) is -0.242. The van der Waals surface area contributed by atoms with Gasteiger partial charge in [0, 0.05) is 13.1 Å². The van der Waals surface area contributed by atoms with Gasteiger partial charge < -0.3 is 15.3 Å². The number of carbonyl (C=O) groups is 2. The van der Waals surface area contributed by atoms with Crippen molar-refractivity contribution in [2.75, 3.05) is 13.1 Å². The summed E-state index contributed by atoms with van der Waals surface area (Å²) in [7, 11) is 0. The van der Waals surface area contributed by atoms with E-state index in [0.29, 0.717) is 25.9 Å². The summed E-state index contributed by atoms with van der Waals surface area (Å²) < 4.78 is 0. The summed E-state index contributed by atoms with van der Waals surface area (Å²) >= 11 is 0. The molecule has 19 heavy (non-hydrogen) atoms. The van der Waals surface area contributed by atoms with Crippen molar-refractivity contribution in [3.63, 3.8) is 0 Å². The Morgan fingerprint density at radius 2 is 1.79 bits per heavy atom. The van der Waals surface area contributed by atoms with E-state index in [0.717, 1.165) is 32.1 Å². The Balaban J connectivity index is 2.05. The van der Waals surface area contributed by atoms with Crippen molar-refractivity contribution in [1.82, 2.24) is 10.2 Å². The molecule has 0 radical (unpaired) electrons. The molecular formula is C14H22N2O3. The van der Waals surface area contributed by atoms with Gasteiger partial charge in [0.2, 0.25) is 0 Å². The Morgan fingerprint density at radius 1 is 1.11 bits per heavy atom. The lowest BCUT2D eigenvalue weighted by atomic mass is 9.90. The lowest BCUT2D eigenvalue weighted by Gasteiger charge is -2.33. The maximum Gasteiger partial charge on any atom is 0.329 e. The van der Waals surface area contributed by atoms with Gasteiger partial charge in [-0.2, -0.15) is 0 Å². The van der Waals surface area contributed by atoms with Crippen LogP contribution in [0.25, 0.3) is 0 Å². The SMILES string of the molecule is O=C(NC1(C(=O)O)CCCCCC1)N1CC=CCC1. The van der Waals surface area contributed by atoms with Crippen LogP contribution in [0.3, 0.4) is 0 Å². The largest absolute Gasteiger partial charge is 0.480 e. The molecular weight excluding hydrogens is 244 g/mol. The van der Waals surface area contributed by atoms with Crippen molar-refractivity contribution in [2.24, 2.45) is 0 Å². The molecule has 1 aliphatic carbocycles. The van der Waals surface area contributed by atoms with Crippen molar-refractivity contribution < 1.29 is 14.7 Å². The molecule has 0 aromatic carbocycles. The number of aliphatic carboxylic acids is 1. The number of carboxylic acid groups (broad SMARTS) is 1. The fraction of sp³-hybridized carbons (Fsp3) is 0.714. The van der Waals surface area contributed by atoms with Crippen molar-refractivity contribution in [3.8, 4) is 0 Å². The number of amides is 2. The van der Waals surface area contributed by atoms with Gasteiger partial charge >= 0.3 is 12.0 Å². The second kappa shape index (κ2) is 6.08. The van der Waals surface area contributed by atoms with E-state index in [-0.39, 0.29) is 6.03 Å². The first-order valence-electron chi connectivity index (χ1n) is 7.09. The van der Waals surface area contributed by atoms with E-state index >= 15 is 0 Å². The van der Waals surface area contributed by atoms with Crippen LogP contribution in [0, 0.1) is 0 Å². The second-order valence-corrected chi connectivity index (χ2v) is 5.44. The van der Waals surface area contributed by atoms with E-state index in [1.807, 2.05) is 12.2 Å². The third-order valence-corrected chi connectivity index (χ3v) is 4.06. The number of carbonyl (C=O) groups excluding carboxylic acids is 1. The van der Waals surface area contributed by atoms with Crippen LogP contribution in [0.5, 0.6) is 0 Å². The minimum atomic E-state index is -1.06. The van der Waals surface area contributed by atoms with Gasteiger partial charge in [-0.3, -0.25) is 0 Å². The highest BCUT2D eigenvalue weighted by Gasteiger charge is 2.40. The lowest BCUT2D eigenvalue weighted by Crippen LogP contribution is -2.58. The van der Waals surface area contributed by atoms with Gasteiger partial charge in [-0.15, -0.1) is 0 Å². The zero-order valence-corrected chi connectivity index (χ0v) is 11.2. The highest BCUT2D eigenvalue weighted by Crippen LogP contribution is 2.27. The third-order valence-electron chi connectivity index (χ3n) is 4.06. The molecule has 5 heteroatoms. The third kappa shape index (κ3) is 3.28. The number of hydrogen-bond donors (Lipinski definition) is 2. The van der Waals surface area contributed by atoms with Crippen LogP contribution in [0.15, 0.2) is 12.2 Å². The molecule has 5 nitrogen and oxygen atoms in total. The van der Waals surface area contributed by atoms with E-state index < -0.39 is 11.5 Å². The number of carboxylic acids is 1. The van der Waals surface area contributed by atoms with E-state index in [2.05, 4.69) is 5.32 Å². The normalized spacial score (nSPS) is 22.6. The van der Waals surface area contributed by atoms with Crippen LogP contribution in [0.4, 0.5) is 4.79 Å². The molecule has 1 saturated carbocycles. The molecule has 2 N–H and O–H groups in total. The average molecular weight is 266 g/mol. The fourth-order valence-corrected chi connectivity index (χ4v) is 2.83. The number of nitrogens with zero attached hydrogens (tertiary/aromatic N) is 1. The summed E-state index contributed by atoms with van der Waals surface area (Å²) in [4.78, 5) is 25.5. The number of urea groups is 1. The Labute approximate surface area is 113 Å². The smallest absolute Gasteiger partial charge is 0.329 e. The van der Waals surface area contributed by atoms with Gasteiger partial charge in [-0.25, -0.2) is 9.59 Å². The predicted octanol–water partition coefficient (Wildman–Crippen LogP) is 2.14. The van der Waals surface area contributed by atoms with E-state index in [1.165, 1.54) is 0 Å². The Kier molecular flexibility index (Phi) is 4.45. The highest BCUT2D eigenvalue weighted by molar-refractivity contribution is 5.86. The quantitative estimate of drug-likeness (QED) is 0.594. The molecule has 0 unspecified atom stereocenters. The first-order valence-corrected chi connectivity index (χ1v) is 7.09. The minimum Gasteiger partial charge on any atom is -0.480 e. The van der Waals surface area contributed by atoms with Crippen LogP contribution in [0.2, 0.25) is 0 Å². The Morgan fingerprint density at radius 3 is 2.32 bits per heavy atom. The van der Waals surface area contributed by atoms with Gasteiger partial charge in [0.05, 0.1) is 0 Å². The highest BCUT2D eigenvalue weighted by atomic mass is 16.4. The second-order valence-electron chi connectivity index (χ2n) is 5.44. The standard InChI is InChI=1S/C14H22N2O3/c17-12(18)14(8-4-1-2-5-9-14)15-13(19)16-10-6-3-7-11-16/h3,6H,1-2,4-5,7-11H2,(H,15,19)(H,17,18). The van der Waals surface area contributed by atoms with Gasteiger partial charge in [-0.05, 0) is 19.3 Å². The number of nitrogens with one attached hydrogen (secondary N) is 1. The molecule has 2 amide bonds. The summed E-state index contributed by atoms with van der Waals surface area (Å²) in [5, 5.41) is 12.3. The first kappa shape index (κ1) is 13.9. The van der Waals surface area contributed by atoms with Crippen molar-refractivity contribution in [3.05, 3.63) is 12.2 Å². The summed E-state index contributed by atoms with van der Waals surface area (Å²) in [5.74, 6) is -0.893. The summed E-state index contributed by atoms with van der Waals surface area (Å²) in [6.07, 6.45) is 9.75. The minimum absolute atomic E-state index is 0.242. The monoisotopic (exact) mass is 266 g/mol. The van der Waals surface area contributed by atoms with Crippen LogP contribution >= 0.6 is 0 Å². The topological polar surface area (TPSA) is 69.6 Å². The van der Waals surface area contributed by atoms with Gasteiger partial charge in [-0.1, -0.05) is 37.8 Å². The van der Waals surface area contributed by atoms with Gasteiger partial charge in [0.15, 0.2) is 0 Å². The molecule has 2 rings (SSSR count). The van der Waals surface area contributed by atoms with Crippen LogP contribution < -0.4 is 5.32 Å². The molecule has 1 aliphatic heterocycles. The fourth-order valence-electron chi connectivity index (χ4n) is 2.83. The maximum absolute atomic E-state index is 12.2. The van der Waals surface area contributed by atoms with E-state index in [1.54, 1.807) is 4.90 Å². The Bertz CT molecular complexity index is 371. The average Bonchev–Trinajstić information content (AvgIpc) is 2.66. The van der Waals surface area contributed by atoms with E-state index in [4.69, 9.17) is 0 Å². The zero-order chi connectivity index (χ0) is 13.7. The molecule has 0 atom stereocenters. The van der Waals surface area contributed by atoms with Crippen LogP contribution in [-0.4, -0.2) is 40.6 Å². The molecule has 0 aromatic heterocycles. The van der Waals surface area contributed by atoms with E-state index in [9.17, 15) is 14.7 Å². The molecule has 0 bridgehead atoms. The summed E-state index contributed by atoms with van der Waals surface area (Å²) in [5.41, 5.74) is -1.06. The first-order chi connectivity index (χ1) is 9.14. The van der Waals surface area contributed by atoms with Crippen molar-refractivity contribution in [1.29, 1.82) is 0 Å². The molecule has 2 aliphatic rings.